The minimum Gasteiger partial charge on any atom is -0.475 e. The van der Waals surface area contributed by atoms with Crippen molar-refractivity contribution in [3.8, 4) is 0 Å². The molecule has 4 rings (SSSR count). The van der Waals surface area contributed by atoms with Crippen molar-refractivity contribution in [2.75, 3.05) is 68.5 Å². The molecule has 0 radical (unpaired) electrons. The lowest BCUT2D eigenvalue weighted by Crippen LogP contribution is -2.48. The molecule has 14 heteroatoms. The number of piperazine rings is 2. The maximum Gasteiger partial charge on any atom is 0.490 e. The Hall–Kier alpha value is -3.36. The number of benzene rings is 2. The zero-order chi connectivity index (χ0) is 30.2. The smallest absolute Gasteiger partial charge is 0.475 e. The molecule has 0 aromatic heterocycles. The molecule has 0 atom stereocenters. The number of rotatable bonds is 7. The number of aliphatic carboxylic acids is 1. The maximum absolute atomic E-state index is 13.2. The van der Waals surface area contributed by atoms with Crippen molar-refractivity contribution < 1.29 is 36.3 Å². The van der Waals surface area contributed by atoms with Crippen molar-refractivity contribution in [3.63, 3.8) is 0 Å². The minimum atomic E-state index is -5.08. The van der Waals surface area contributed by atoms with Crippen LogP contribution in [0.15, 0.2) is 47.4 Å². The van der Waals surface area contributed by atoms with Gasteiger partial charge in [0.15, 0.2) is 0 Å². The summed E-state index contributed by atoms with van der Waals surface area (Å²) in [5, 5.41) is 10.4. The second kappa shape index (κ2) is 14.0. The number of sulfonamides is 1. The molecule has 0 bridgehead atoms. The van der Waals surface area contributed by atoms with Gasteiger partial charge >= 0.3 is 12.1 Å². The molecule has 0 unspecified atom stereocenters. The average Bonchev–Trinajstić information content (AvgIpc) is 2.97. The lowest BCUT2D eigenvalue weighted by atomic mass is 10.1. The molecule has 2 aliphatic heterocycles. The van der Waals surface area contributed by atoms with Crippen LogP contribution in [0.2, 0.25) is 0 Å². The van der Waals surface area contributed by atoms with Crippen molar-refractivity contribution in [2.45, 2.75) is 31.3 Å². The monoisotopic (exact) mass is 599 g/mol. The van der Waals surface area contributed by atoms with Crippen LogP contribution in [-0.4, -0.2) is 100 Å². The Morgan fingerprint density at radius 2 is 1.54 bits per heavy atom. The van der Waals surface area contributed by atoms with Crippen LogP contribution in [-0.2, 0) is 21.2 Å². The van der Waals surface area contributed by atoms with Crippen molar-refractivity contribution in [1.82, 2.24) is 15.1 Å². The number of anilines is 2. The molecular weight excluding hydrogens is 563 g/mol. The summed E-state index contributed by atoms with van der Waals surface area (Å²) >= 11 is 0. The van der Waals surface area contributed by atoms with Gasteiger partial charge in [0.1, 0.15) is 0 Å². The Labute approximate surface area is 238 Å². The first-order chi connectivity index (χ1) is 19.4. The highest BCUT2D eigenvalue weighted by molar-refractivity contribution is 7.92. The highest BCUT2D eigenvalue weighted by Crippen LogP contribution is 2.30. The number of amides is 1. The topological polar surface area (TPSA) is 122 Å². The molecule has 10 nitrogen and oxygen atoms in total. The number of carbonyl (C=O) groups is 2. The predicted molar refractivity (Wildman–Crippen MR) is 150 cm³/mol. The largest absolute Gasteiger partial charge is 0.490 e. The number of alkyl halides is 3. The number of carbonyl (C=O) groups excluding carboxylic acids is 1. The molecule has 3 N–H and O–H groups in total. The first kappa shape index (κ1) is 32.2. The van der Waals surface area contributed by atoms with Gasteiger partial charge in [-0.3, -0.25) is 9.52 Å². The highest BCUT2D eigenvalue weighted by atomic mass is 32.2. The lowest BCUT2D eigenvalue weighted by Gasteiger charge is -2.34. The third-order valence-electron chi connectivity index (χ3n) is 6.94. The molecule has 0 saturated carbocycles. The quantitative estimate of drug-likeness (QED) is 0.444. The Bertz CT molecular complexity index is 1290. The number of hydrogen-bond acceptors (Lipinski definition) is 7. The standard InChI is InChI=1S/C25H35N5O3S.C2HF3O2/c1-3-20-5-8-22(9-6-20)34(32,33)27-23-19-21(7-10-24(23)29-13-11-26-12-14-29)25(31)30-17-15-28(4-2)16-18-30;3-2(4,5)1(6)7/h5-10,19,26-27H,3-4,11-18H2,1-2H3;(H,6,7). The normalized spacial score (nSPS) is 16.5. The first-order valence-corrected chi connectivity index (χ1v) is 14.9. The van der Waals surface area contributed by atoms with Crippen LogP contribution in [0.4, 0.5) is 24.5 Å². The van der Waals surface area contributed by atoms with E-state index < -0.39 is 22.2 Å². The number of carboxylic acid groups (broad SMARTS) is 1. The average molecular weight is 600 g/mol. The van der Waals surface area contributed by atoms with E-state index in [9.17, 15) is 26.4 Å². The van der Waals surface area contributed by atoms with E-state index in [2.05, 4.69) is 26.8 Å². The number of likely N-dealkylation sites (N-methyl/N-ethyl adjacent to an activating group) is 1. The van der Waals surface area contributed by atoms with Gasteiger partial charge in [0.05, 0.1) is 16.3 Å². The fourth-order valence-corrected chi connectivity index (χ4v) is 5.56. The Morgan fingerprint density at radius 1 is 0.951 bits per heavy atom. The van der Waals surface area contributed by atoms with Gasteiger partial charge in [-0.2, -0.15) is 13.2 Å². The van der Waals surface area contributed by atoms with Crippen molar-refractivity contribution in [3.05, 3.63) is 53.6 Å². The number of halogens is 3. The van der Waals surface area contributed by atoms with Gasteiger partial charge in [-0.25, -0.2) is 13.2 Å². The van der Waals surface area contributed by atoms with Crippen LogP contribution in [0.25, 0.3) is 0 Å². The van der Waals surface area contributed by atoms with E-state index >= 15 is 0 Å². The number of nitrogens with one attached hydrogen (secondary N) is 2. The zero-order valence-corrected chi connectivity index (χ0v) is 23.9. The van der Waals surface area contributed by atoms with Crippen LogP contribution < -0.4 is 14.9 Å². The van der Waals surface area contributed by atoms with E-state index in [1.165, 1.54) is 0 Å². The van der Waals surface area contributed by atoms with E-state index in [1.807, 2.05) is 36.1 Å². The van der Waals surface area contributed by atoms with Crippen LogP contribution in [0.1, 0.15) is 29.8 Å². The fraction of sp³-hybridized carbons (Fsp3) is 0.481. The number of hydrogen-bond donors (Lipinski definition) is 3. The molecule has 226 valence electrons. The third kappa shape index (κ3) is 8.81. The number of carboxylic acids is 1. The molecule has 0 spiro atoms. The van der Waals surface area contributed by atoms with Crippen molar-refractivity contribution in [1.29, 1.82) is 0 Å². The van der Waals surface area contributed by atoms with Crippen LogP contribution >= 0.6 is 0 Å². The molecule has 2 aromatic rings. The Kier molecular flexibility index (Phi) is 11.0. The lowest BCUT2D eigenvalue weighted by molar-refractivity contribution is -0.192. The van der Waals surface area contributed by atoms with E-state index in [0.29, 0.717) is 24.3 Å². The number of nitrogens with zero attached hydrogens (tertiary/aromatic N) is 3. The van der Waals surface area contributed by atoms with Crippen molar-refractivity contribution >= 4 is 33.3 Å². The minimum absolute atomic E-state index is 0.0599. The summed E-state index contributed by atoms with van der Waals surface area (Å²) in [6.45, 7) is 11.4. The summed E-state index contributed by atoms with van der Waals surface area (Å²) in [5.74, 6) is -2.82. The van der Waals surface area contributed by atoms with Crippen LogP contribution in [0, 0.1) is 0 Å². The fourth-order valence-electron chi connectivity index (χ4n) is 4.49. The van der Waals surface area contributed by atoms with E-state index in [-0.39, 0.29) is 10.8 Å². The van der Waals surface area contributed by atoms with Gasteiger partial charge in [0.25, 0.3) is 15.9 Å². The van der Waals surface area contributed by atoms with Gasteiger partial charge < -0.3 is 25.1 Å². The van der Waals surface area contributed by atoms with Crippen LogP contribution in [0.5, 0.6) is 0 Å². The van der Waals surface area contributed by atoms with Gasteiger partial charge in [0.2, 0.25) is 0 Å². The second-order valence-corrected chi connectivity index (χ2v) is 11.3. The number of aryl methyl sites for hydroxylation is 1. The highest BCUT2D eigenvalue weighted by Gasteiger charge is 2.38. The van der Waals surface area contributed by atoms with Crippen molar-refractivity contribution in [2.24, 2.45) is 0 Å². The van der Waals surface area contributed by atoms with Gasteiger partial charge in [-0.15, -0.1) is 0 Å². The van der Waals surface area contributed by atoms with Crippen LogP contribution in [0.3, 0.4) is 0 Å². The Balaban J connectivity index is 0.000000587. The molecule has 41 heavy (non-hydrogen) atoms. The summed E-state index contributed by atoms with van der Waals surface area (Å²) < 4.78 is 61.0. The first-order valence-electron chi connectivity index (χ1n) is 13.4. The maximum atomic E-state index is 13.2. The van der Waals surface area contributed by atoms with Gasteiger partial charge in [0, 0.05) is 57.9 Å². The molecule has 2 fully saturated rings. The summed E-state index contributed by atoms with van der Waals surface area (Å²) in [5.41, 5.74) is 2.82. The third-order valence-corrected chi connectivity index (χ3v) is 8.32. The molecular formula is C27H36F3N5O5S. The molecule has 2 aromatic carbocycles. The summed E-state index contributed by atoms with van der Waals surface area (Å²) in [4.78, 5) is 28.7. The molecule has 2 heterocycles. The summed E-state index contributed by atoms with van der Waals surface area (Å²) in [7, 11) is -3.80. The summed E-state index contributed by atoms with van der Waals surface area (Å²) in [6.07, 6.45) is -4.24. The van der Waals surface area contributed by atoms with E-state index in [1.54, 1.807) is 18.2 Å². The predicted octanol–water partition coefficient (Wildman–Crippen LogP) is 2.87. The van der Waals surface area contributed by atoms with E-state index in [0.717, 1.165) is 63.5 Å². The zero-order valence-electron chi connectivity index (χ0n) is 23.1. The molecule has 1 amide bonds. The van der Waals surface area contributed by atoms with E-state index in [4.69, 9.17) is 9.90 Å². The SMILES string of the molecule is CCc1ccc(S(=O)(=O)Nc2cc(C(=O)N3CCN(CC)CC3)ccc2N2CCNCC2)cc1.O=C(O)C(F)(F)F. The van der Waals surface area contributed by atoms with Gasteiger partial charge in [-0.1, -0.05) is 26.0 Å². The molecule has 0 aliphatic carbocycles. The molecule has 2 aliphatic rings. The molecule has 2 saturated heterocycles. The second-order valence-electron chi connectivity index (χ2n) is 9.60. The Morgan fingerprint density at radius 3 is 2.05 bits per heavy atom. The summed E-state index contributed by atoms with van der Waals surface area (Å²) in [6, 6.07) is 12.3. The van der Waals surface area contributed by atoms with Gasteiger partial charge in [-0.05, 0) is 48.9 Å².